The van der Waals surface area contributed by atoms with Gasteiger partial charge in [-0.15, -0.1) is 0 Å². The molecule has 21 heavy (non-hydrogen) atoms. The molecule has 1 fully saturated rings. The molecule has 0 atom stereocenters. The Hall–Kier alpha value is -1.96. The second-order valence-corrected chi connectivity index (χ2v) is 4.63. The summed E-state index contributed by atoms with van der Waals surface area (Å²) in [5.74, 6) is -0.843. The van der Waals surface area contributed by atoms with Crippen LogP contribution in [0.3, 0.4) is 0 Å². The van der Waals surface area contributed by atoms with Gasteiger partial charge >= 0.3 is 0 Å². The molecule has 118 valence electrons. The molecule has 0 spiro atoms. The minimum Gasteiger partial charge on any atom is -0.384 e. The highest BCUT2D eigenvalue weighted by Gasteiger charge is 2.28. The second-order valence-electron chi connectivity index (χ2n) is 4.63. The van der Waals surface area contributed by atoms with Crippen LogP contribution in [0.2, 0.25) is 0 Å². The molecule has 1 heterocycles. The van der Waals surface area contributed by atoms with E-state index in [1.165, 1.54) is 7.11 Å². The van der Waals surface area contributed by atoms with Crippen LogP contribution in [0.1, 0.15) is 25.7 Å². The van der Waals surface area contributed by atoms with Gasteiger partial charge in [0.2, 0.25) is 23.6 Å². The van der Waals surface area contributed by atoms with Crippen molar-refractivity contribution in [3.05, 3.63) is 0 Å². The molecule has 0 aliphatic carbocycles. The van der Waals surface area contributed by atoms with Crippen molar-refractivity contribution in [1.82, 2.24) is 15.5 Å². The van der Waals surface area contributed by atoms with Crippen molar-refractivity contribution >= 4 is 23.6 Å². The fourth-order valence-corrected chi connectivity index (χ4v) is 1.86. The predicted molar refractivity (Wildman–Crippen MR) is 73.1 cm³/mol. The van der Waals surface area contributed by atoms with Gasteiger partial charge in [0.1, 0.15) is 0 Å². The van der Waals surface area contributed by atoms with E-state index in [1.807, 2.05) is 0 Å². The maximum atomic E-state index is 11.5. The van der Waals surface area contributed by atoms with E-state index in [2.05, 4.69) is 10.6 Å². The lowest BCUT2D eigenvalue weighted by molar-refractivity contribution is -0.138. The van der Waals surface area contributed by atoms with E-state index in [1.54, 1.807) is 0 Å². The summed E-state index contributed by atoms with van der Waals surface area (Å²) in [5, 5.41) is 5.25. The first-order valence-electron chi connectivity index (χ1n) is 6.90. The largest absolute Gasteiger partial charge is 0.384 e. The lowest BCUT2D eigenvalue weighted by atomic mass is 10.3. The second kappa shape index (κ2) is 9.06. The van der Waals surface area contributed by atoms with E-state index in [9.17, 15) is 19.2 Å². The standard InChI is InChI=1S/C13H21N3O5/c1-21-9-5-11(18)15-7-6-14-10(17)4-8-16-12(19)2-3-13(16)20/h2-9H2,1H3,(H,14,17)(H,15,18). The molecular weight excluding hydrogens is 278 g/mol. The Morgan fingerprint density at radius 1 is 1.05 bits per heavy atom. The van der Waals surface area contributed by atoms with Crippen molar-refractivity contribution in [3.8, 4) is 0 Å². The molecule has 0 aromatic carbocycles. The molecule has 0 unspecified atom stereocenters. The minimum atomic E-state index is -0.256. The van der Waals surface area contributed by atoms with Crippen LogP contribution in [-0.4, -0.2) is 61.9 Å². The monoisotopic (exact) mass is 299 g/mol. The van der Waals surface area contributed by atoms with Gasteiger partial charge in [-0.2, -0.15) is 0 Å². The molecular formula is C13H21N3O5. The van der Waals surface area contributed by atoms with Crippen LogP contribution >= 0.6 is 0 Å². The van der Waals surface area contributed by atoms with Crippen LogP contribution < -0.4 is 10.6 Å². The molecule has 1 saturated heterocycles. The van der Waals surface area contributed by atoms with Crippen LogP contribution in [0.4, 0.5) is 0 Å². The number of carbonyl (C=O) groups is 4. The molecule has 8 nitrogen and oxygen atoms in total. The van der Waals surface area contributed by atoms with E-state index in [0.717, 1.165) is 4.90 Å². The average molecular weight is 299 g/mol. The van der Waals surface area contributed by atoms with E-state index < -0.39 is 0 Å². The van der Waals surface area contributed by atoms with Crippen LogP contribution in [0, 0.1) is 0 Å². The van der Waals surface area contributed by atoms with Crippen molar-refractivity contribution in [2.24, 2.45) is 0 Å². The summed E-state index contributed by atoms with van der Waals surface area (Å²) in [6, 6.07) is 0. The van der Waals surface area contributed by atoms with E-state index in [0.29, 0.717) is 19.7 Å². The molecule has 1 aliphatic rings. The number of nitrogens with one attached hydrogen (secondary N) is 2. The number of nitrogens with zero attached hydrogens (tertiary/aromatic N) is 1. The number of hydrogen-bond acceptors (Lipinski definition) is 5. The van der Waals surface area contributed by atoms with Crippen molar-refractivity contribution in [2.75, 3.05) is 33.4 Å². The summed E-state index contributed by atoms with van der Waals surface area (Å²) in [6.07, 6.45) is 0.820. The highest BCUT2D eigenvalue weighted by atomic mass is 16.5. The first-order chi connectivity index (χ1) is 10.0. The normalized spacial score (nSPS) is 14.4. The summed E-state index contributed by atoms with van der Waals surface area (Å²) in [5.41, 5.74) is 0. The number of ether oxygens (including phenoxy) is 1. The first kappa shape index (κ1) is 17.1. The summed E-state index contributed by atoms with van der Waals surface area (Å²) in [7, 11) is 1.52. The third kappa shape index (κ3) is 6.35. The van der Waals surface area contributed by atoms with Gasteiger partial charge in [0.15, 0.2) is 0 Å². The Bertz CT molecular complexity index is 395. The van der Waals surface area contributed by atoms with Gasteiger partial charge in [0.05, 0.1) is 6.61 Å². The summed E-state index contributed by atoms with van der Waals surface area (Å²) in [6.45, 7) is 1.11. The number of likely N-dealkylation sites (tertiary alicyclic amines) is 1. The number of methoxy groups -OCH3 is 1. The summed E-state index contributed by atoms with van der Waals surface area (Å²) < 4.78 is 4.76. The third-order valence-electron chi connectivity index (χ3n) is 3.02. The molecule has 0 radical (unpaired) electrons. The smallest absolute Gasteiger partial charge is 0.229 e. The Labute approximate surface area is 123 Å². The zero-order valence-corrected chi connectivity index (χ0v) is 12.1. The van der Waals surface area contributed by atoms with Gasteiger partial charge in [0.25, 0.3) is 0 Å². The SMILES string of the molecule is COCCC(=O)NCCNC(=O)CCN1C(=O)CCC1=O. The van der Waals surface area contributed by atoms with Crippen molar-refractivity contribution in [2.45, 2.75) is 25.7 Å². The predicted octanol–water partition coefficient (Wildman–Crippen LogP) is -1.21. The third-order valence-corrected chi connectivity index (χ3v) is 3.02. The topological polar surface area (TPSA) is 105 Å². The first-order valence-corrected chi connectivity index (χ1v) is 6.90. The zero-order chi connectivity index (χ0) is 15.7. The zero-order valence-electron chi connectivity index (χ0n) is 12.1. The quantitative estimate of drug-likeness (QED) is 0.411. The summed E-state index contributed by atoms with van der Waals surface area (Å²) in [4.78, 5) is 46.6. The fourth-order valence-electron chi connectivity index (χ4n) is 1.86. The van der Waals surface area contributed by atoms with Crippen molar-refractivity contribution < 1.29 is 23.9 Å². The number of rotatable bonds is 9. The van der Waals surface area contributed by atoms with Gasteiger partial charge in [0, 0.05) is 52.4 Å². The fraction of sp³-hybridized carbons (Fsp3) is 0.692. The maximum Gasteiger partial charge on any atom is 0.229 e. The van der Waals surface area contributed by atoms with Gasteiger partial charge in [-0.05, 0) is 0 Å². The highest BCUT2D eigenvalue weighted by molar-refractivity contribution is 6.02. The Morgan fingerprint density at radius 2 is 1.57 bits per heavy atom. The van der Waals surface area contributed by atoms with Crippen LogP contribution in [0.15, 0.2) is 0 Å². The average Bonchev–Trinajstić information content (AvgIpc) is 2.78. The molecule has 2 N–H and O–H groups in total. The molecule has 0 aromatic heterocycles. The molecule has 4 amide bonds. The molecule has 0 aromatic rings. The van der Waals surface area contributed by atoms with Gasteiger partial charge in [-0.1, -0.05) is 0 Å². The number of hydrogen-bond donors (Lipinski definition) is 2. The van der Waals surface area contributed by atoms with Crippen molar-refractivity contribution in [3.63, 3.8) is 0 Å². The Kier molecular flexibility index (Phi) is 7.38. The van der Waals surface area contributed by atoms with E-state index in [4.69, 9.17) is 4.74 Å². The van der Waals surface area contributed by atoms with Crippen LogP contribution in [0.25, 0.3) is 0 Å². The number of amides is 4. The molecule has 1 aliphatic heterocycles. The molecule has 0 saturated carbocycles. The van der Waals surface area contributed by atoms with Crippen LogP contribution in [0.5, 0.6) is 0 Å². The van der Waals surface area contributed by atoms with E-state index >= 15 is 0 Å². The van der Waals surface area contributed by atoms with Gasteiger partial charge in [-0.25, -0.2) is 0 Å². The number of carbonyl (C=O) groups excluding carboxylic acids is 4. The lowest BCUT2D eigenvalue weighted by Gasteiger charge is -2.13. The van der Waals surface area contributed by atoms with Crippen LogP contribution in [-0.2, 0) is 23.9 Å². The lowest BCUT2D eigenvalue weighted by Crippen LogP contribution is -2.37. The number of imide groups is 1. The Morgan fingerprint density at radius 3 is 2.10 bits per heavy atom. The van der Waals surface area contributed by atoms with Crippen molar-refractivity contribution in [1.29, 1.82) is 0 Å². The molecule has 0 bridgehead atoms. The van der Waals surface area contributed by atoms with Gasteiger partial charge in [-0.3, -0.25) is 24.1 Å². The summed E-state index contributed by atoms with van der Waals surface area (Å²) >= 11 is 0. The maximum absolute atomic E-state index is 11.5. The van der Waals surface area contributed by atoms with Gasteiger partial charge < -0.3 is 15.4 Å². The Balaban J connectivity index is 2.07. The molecule has 8 heteroatoms. The minimum absolute atomic E-state index is 0.0785. The van der Waals surface area contributed by atoms with E-state index in [-0.39, 0.29) is 55.9 Å². The highest BCUT2D eigenvalue weighted by Crippen LogP contribution is 2.11. The molecule has 1 rings (SSSR count).